The fraction of sp³-hybridized carbons (Fsp3) is 0.105. The molecule has 25 heavy (non-hydrogen) atoms. The number of rotatable bonds is 3. The van der Waals surface area contributed by atoms with Gasteiger partial charge >= 0.3 is 0 Å². The smallest absolute Gasteiger partial charge is 0.256 e. The van der Waals surface area contributed by atoms with Gasteiger partial charge in [0.2, 0.25) is 5.91 Å². The summed E-state index contributed by atoms with van der Waals surface area (Å²) in [5, 5.41) is 5.89. The number of halogens is 1. The summed E-state index contributed by atoms with van der Waals surface area (Å²) in [5.74, 6) is -0.946. The number of anilines is 2. The number of amides is 2. The SMILES string of the molecule is CC(=O)Nc1ccc(NC(=O)c2cc(C)nc3ccc(F)cc23)cc1. The summed E-state index contributed by atoms with van der Waals surface area (Å²) in [7, 11) is 0. The minimum absolute atomic E-state index is 0.169. The lowest BCUT2D eigenvalue weighted by atomic mass is 10.1. The normalized spacial score (nSPS) is 10.5. The topological polar surface area (TPSA) is 71.1 Å². The van der Waals surface area contributed by atoms with Crippen LogP contribution in [-0.4, -0.2) is 16.8 Å². The maximum atomic E-state index is 13.6. The lowest BCUT2D eigenvalue weighted by molar-refractivity contribution is -0.114. The number of nitrogens with one attached hydrogen (secondary N) is 2. The van der Waals surface area contributed by atoms with Crippen LogP contribution in [0.15, 0.2) is 48.5 Å². The molecule has 2 aromatic carbocycles. The van der Waals surface area contributed by atoms with Crippen LogP contribution >= 0.6 is 0 Å². The Labute approximate surface area is 143 Å². The van der Waals surface area contributed by atoms with E-state index in [-0.39, 0.29) is 11.8 Å². The quantitative estimate of drug-likeness (QED) is 0.761. The molecule has 0 saturated heterocycles. The van der Waals surface area contributed by atoms with E-state index in [2.05, 4.69) is 15.6 Å². The molecule has 126 valence electrons. The Morgan fingerprint density at radius 1 is 0.960 bits per heavy atom. The zero-order valence-corrected chi connectivity index (χ0v) is 13.8. The summed E-state index contributed by atoms with van der Waals surface area (Å²) in [6.45, 7) is 3.20. The van der Waals surface area contributed by atoms with Crippen molar-refractivity contribution in [3.63, 3.8) is 0 Å². The van der Waals surface area contributed by atoms with Gasteiger partial charge < -0.3 is 10.6 Å². The maximum absolute atomic E-state index is 13.6. The Hall–Kier alpha value is -3.28. The average molecular weight is 337 g/mol. The van der Waals surface area contributed by atoms with E-state index in [0.717, 1.165) is 0 Å². The molecule has 5 nitrogen and oxygen atoms in total. The molecule has 0 bridgehead atoms. The highest BCUT2D eigenvalue weighted by Crippen LogP contribution is 2.21. The fourth-order valence-electron chi connectivity index (χ4n) is 2.56. The molecule has 0 radical (unpaired) electrons. The molecule has 2 N–H and O–H groups in total. The number of pyridine rings is 1. The number of carbonyl (C=O) groups is 2. The van der Waals surface area contributed by atoms with Crippen LogP contribution in [0.2, 0.25) is 0 Å². The average Bonchev–Trinajstić information content (AvgIpc) is 2.56. The summed E-state index contributed by atoms with van der Waals surface area (Å²) < 4.78 is 13.6. The summed E-state index contributed by atoms with van der Waals surface area (Å²) in [6.07, 6.45) is 0. The fourth-order valence-corrected chi connectivity index (χ4v) is 2.56. The van der Waals surface area contributed by atoms with Gasteiger partial charge in [0.1, 0.15) is 5.82 Å². The van der Waals surface area contributed by atoms with E-state index in [4.69, 9.17) is 0 Å². The Morgan fingerprint density at radius 3 is 2.24 bits per heavy atom. The first-order chi connectivity index (χ1) is 11.9. The molecule has 1 heterocycles. The Balaban J connectivity index is 1.89. The second-order valence-corrected chi connectivity index (χ2v) is 5.69. The Kier molecular flexibility index (Phi) is 4.43. The highest BCUT2D eigenvalue weighted by Gasteiger charge is 2.13. The molecule has 6 heteroatoms. The van der Waals surface area contributed by atoms with E-state index < -0.39 is 5.82 Å². The molecular formula is C19H16FN3O2. The van der Waals surface area contributed by atoms with Crippen LogP contribution in [0.1, 0.15) is 23.0 Å². The van der Waals surface area contributed by atoms with E-state index in [1.807, 2.05) is 0 Å². The molecule has 0 aliphatic rings. The zero-order valence-electron chi connectivity index (χ0n) is 13.8. The predicted molar refractivity (Wildman–Crippen MR) is 95.1 cm³/mol. The van der Waals surface area contributed by atoms with Gasteiger partial charge in [-0.1, -0.05) is 0 Å². The highest BCUT2D eigenvalue weighted by molar-refractivity contribution is 6.12. The van der Waals surface area contributed by atoms with Gasteiger partial charge in [-0.15, -0.1) is 0 Å². The van der Waals surface area contributed by atoms with E-state index in [9.17, 15) is 14.0 Å². The van der Waals surface area contributed by atoms with Crippen LogP contribution < -0.4 is 10.6 Å². The second kappa shape index (κ2) is 6.68. The third-order valence-electron chi connectivity index (χ3n) is 3.61. The largest absolute Gasteiger partial charge is 0.326 e. The number of benzene rings is 2. The van der Waals surface area contributed by atoms with Gasteiger partial charge in [0.15, 0.2) is 0 Å². The predicted octanol–water partition coefficient (Wildman–Crippen LogP) is 3.89. The Bertz CT molecular complexity index is 968. The van der Waals surface area contributed by atoms with E-state index in [1.165, 1.54) is 19.1 Å². The highest BCUT2D eigenvalue weighted by atomic mass is 19.1. The van der Waals surface area contributed by atoms with Crippen molar-refractivity contribution in [2.24, 2.45) is 0 Å². The van der Waals surface area contributed by atoms with Crippen LogP contribution in [0.4, 0.5) is 15.8 Å². The van der Waals surface area contributed by atoms with Gasteiger partial charge in [0, 0.05) is 29.4 Å². The van der Waals surface area contributed by atoms with Crippen molar-refractivity contribution in [3.05, 3.63) is 65.6 Å². The van der Waals surface area contributed by atoms with Gasteiger partial charge in [-0.05, 0) is 55.5 Å². The first-order valence-corrected chi connectivity index (χ1v) is 7.68. The summed E-state index contributed by atoms with van der Waals surface area (Å²) >= 11 is 0. The third-order valence-corrected chi connectivity index (χ3v) is 3.61. The van der Waals surface area contributed by atoms with Gasteiger partial charge in [0.05, 0.1) is 11.1 Å². The first-order valence-electron chi connectivity index (χ1n) is 7.68. The molecule has 3 aromatic rings. The first kappa shape index (κ1) is 16.6. The van der Waals surface area contributed by atoms with Crippen LogP contribution in [0.5, 0.6) is 0 Å². The van der Waals surface area contributed by atoms with Crippen molar-refractivity contribution in [2.45, 2.75) is 13.8 Å². The second-order valence-electron chi connectivity index (χ2n) is 5.69. The number of nitrogens with zero attached hydrogens (tertiary/aromatic N) is 1. The molecule has 0 spiro atoms. The minimum Gasteiger partial charge on any atom is -0.326 e. The number of fused-ring (bicyclic) bond motifs is 1. The monoisotopic (exact) mass is 337 g/mol. The van der Waals surface area contributed by atoms with E-state index >= 15 is 0 Å². The third kappa shape index (κ3) is 3.80. The van der Waals surface area contributed by atoms with Crippen molar-refractivity contribution in [3.8, 4) is 0 Å². The van der Waals surface area contributed by atoms with Gasteiger partial charge in [0.25, 0.3) is 5.91 Å². The Morgan fingerprint density at radius 2 is 1.60 bits per heavy atom. The van der Waals surface area contributed by atoms with Crippen molar-refractivity contribution in [1.29, 1.82) is 0 Å². The van der Waals surface area contributed by atoms with Crippen molar-refractivity contribution in [1.82, 2.24) is 4.98 Å². The van der Waals surface area contributed by atoms with Crippen LogP contribution in [0.3, 0.4) is 0 Å². The molecule has 0 aliphatic carbocycles. The summed E-state index contributed by atoms with van der Waals surface area (Å²) in [6, 6.07) is 12.5. The standard InChI is InChI=1S/C19H16FN3O2/c1-11-9-17(16-10-13(20)3-8-18(16)21-11)19(25)23-15-6-4-14(5-7-15)22-12(2)24/h3-10H,1-2H3,(H,22,24)(H,23,25). The van der Waals surface area contributed by atoms with Crippen LogP contribution in [0.25, 0.3) is 10.9 Å². The zero-order chi connectivity index (χ0) is 18.0. The van der Waals surface area contributed by atoms with E-state index in [1.54, 1.807) is 43.3 Å². The molecular weight excluding hydrogens is 321 g/mol. The molecule has 1 aromatic heterocycles. The van der Waals surface area contributed by atoms with E-state index in [0.29, 0.717) is 33.5 Å². The number of aryl methyl sites for hydroxylation is 1. The number of hydrogen-bond donors (Lipinski definition) is 2. The van der Waals surface area contributed by atoms with Gasteiger partial charge in [-0.2, -0.15) is 0 Å². The lowest BCUT2D eigenvalue weighted by Gasteiger charge is -2.10. The lowest BCUT2D eigenvalue weighted by Crippen LogP contribution is -2.13. The van der Waals surface area contributed by atoms with Crippen molar-refractivity contribution >= 4 is 34.1 Å². The molecule has 0 saturated carbocycles. The van der Waals surface area contributed by atoms with Crippen molar-refractivity contribution in [2.75, 3.05) is 10.6 Å². The number of aromatic nitrogens is 1. The minimum atomic E-state index is -0.424. The van der Waals surface area contributed by atoms with Gasteiger partial charge in [-0.3, -0.25) is 14.6 Å². The molecule has 0 aliphatic heterocycles. The maximum Gasteiger partial charge on any atom is 0.256 e. The summed E-state index contributed by atoms with van der Waals surface area (Å²) in [4.78, 5) is 28.0. The van der Waals surface area contributed by atoms with Crippen LogP contribution in [-0.2, 0) is 4.79 Å². The van der Waals surface area contributed by atoms with Gasteiger partial charge in [-0.25, -0.2) is 4.39 Å². The molecule has 2 amide bonds. The number of carbonyl (C=O) groups excluding carboxylic acids is 2. The summed E-state index contributed by atoms with van der Waals surface area (Å²) in [5.41, 5.74) is 2.79. The molecule has 3 rings (SSSR count). The number of hydrogen-bond acceptors (Lipinski definition) is 3. The molecule has 0 unspecified atom stereocenters. The molecule has 0 atom stereocenters. The van der Waals surface area contributed by atoms with Crippen molar-refractivity contribution < 1.29 is 14.0 Å². The van der Waals surface area contributed by atoms with Crippen LogP contribution in [0, 0.1) is 12.7 Å². The molecule has 0 fully saturated rings.